The van der Waals surface area contributed by atoms with Gasteiger partial charge in [0.05, 0.1) is 17.8 Å². The lowest BCUT2D eigenvalue weighted by Crippen LogP contribution is -2.20. The van der Waals surface area contributed by atoms with E-state index in [1.807, 2.05) is 0 Å². The molecule has 0 spiro atoms. The summed E-state index contributed by atoms with van der Waals surface area (Å²) in [7, 11) is -2.72. The number of carbonyl (C=O) groups excluding carboxylic acids is 2. The number of amides is 2. The fraction of sp³-hybridized carbons (Fsp3) is 0.263. The second-order valence-electron chi connectivity index (χ2n) is 6.10. The van der Waals surface area contributed by atoms with E-state index >= 15 is 0 Å². The van der Waals surface area contributed by atoms with E-state index in [1.165, 1.54) is 38.3 Å². The molecule has 0 heterocycles. The number of hydrogen-bond donors (Lipinski definition) is 3. The lowest BCUT2D eigenvalue weighted by Gasteiger charge is -2.15. The van der Waals surface area contributed by atoms with E-state index in [0.29, 0.717) is 11.3 Å². The molecule has 156 valence electrons. The highest BCUT2D eigenvalue weighted by molar-refractivity contribution is 7.92. The number of ether oxygens (including phenoxy) is 1. The van der Waals surface area contributed by atoms with Gasteiger partial charge >= 0.3 is 0 Å². The Morgan fingerprint density at radius 3 is 2.48 bits per heavy atom. The molecule has 2 aromatic rings. The summed E-state index contributed by atoms with van der Waals surface area (Å²) in [5.74, 6) is -0.315. The normalized spacial score (nSPS) is 10.9. The maximum Gasteiger partial charge on any atom is 0.265 e. The van der Waals surface area contributed by atoms with E-state index < -0.39 is 10.0 Å². The van der Waals surface area contributed by atoms with Crippen molar-refractivity contribution in [2.75, 3.05) is 17.1 Å². The number of sulfonamides is 1. The zero-order chi connectivity index (χ0) is 21.6. The van der Waals surface area contributed by atoms with Crippen LogP contribution in [0.2, 0.25) is 5.02 Å². The quantitative estimate of drug-likeness (QED) is 0.584. The smallest absolute Gasteiger partial charge is 0.265 e. The van der Waals surface area contributed by atoms with Gasteiger partial charge in [0.1, 0.15) is 10.6 Å². The minimum atomic E-state index is -4.08. The minimum absolute atomic E-state index is 0.106. The van der Waals surface area contributed by atoms with Crippen molar-refractivity contribution in [2.24, 2.45) is 0 Å². The molecular weight excluding hydrogens is 418 g/mol. The molecule has 0 bridgehead atoms. The topological polar surface area (TPSA) is 114 Å². The van der Waals surface area contributed by atoms with Crippen LogP contribution in [0.15, 0.2) is 41.3 Å². The Morgan fingerprint density at radius 2 is 1.86 bits per heavy atom. The SMILES string of the molecule is CCC(=O)Nc1ccc(Cl)c(NS(=O)(=O)c2cc(CNC(C)=O)ccc2OC)c1. The van der Waals surface area contributed by atoms with Gasteiger partial charge in [0.2, 0.25) is 11.8 Å². The van der Waals surface area contributed by atoms with Crippen molar-refractivity contribution in [3.63, 3.8) is 0 Å². The van der Waals surface area contributed by atoms with Gasteiger partial charge < -0.3 is 15.4 Å². The second-order valence-corrected chi connectivity index (χ2v) is 8.15. The summed E-state index contributed by atoms with van der Waals surface area (Å²) in [6, 6.07) is 9.05. The molecule has 0 atom stereocenters. The molecule has 29 heavy (non-hydrogen) atoms. The average molecular weight is 440 g/mol. The molecule has 0 saturated carbocycles. The summed E-state index contributed by atoms with van der Waals surface area (Å²) in [6.45, 7) is 3.24. The van der Waals surface area contributed by atoms with Crippen molar-refractivity contribution in [1.82, 2.24) is 5.32 Å². The van der Waals surface area contributed by atoms with E-state index in [1.54, 1.807) is 19.1 Å². The molecule has 0 aliphatic rings. The number of anilines is 2. The first-order chi connectivity index (χ1) is 13.7. The number of halogens is 1. The van der Waals surface area contributed by atoms with Crippen LogP contribution >= 0.6 is 11.6 Å². The molecule has 8 nitrogen and oxygen atoms in total. The molecule has 10 heteroatoms. The first-order valence-corrected chi connectivity index (χ1v) is 10.6. The molecule has 0 unspecified atom stereocenters. The van der Waals surface area contributed by atoms with Crippen LogP contribution in [-0.4, -0.2) is 27.3 Å². The molecular formula is C19H22ClN3O5S. The number of nitrogens with one attached hydrogen (secondary N) is 3. The Labute approximate surface area is 174 Å². The molecule has 0 aromatic heterocycles. The highest BCUT2D eigenvalue weighted by Gasteiger charge is 2.22. The number of hydrogen-bond acceptors (Lipinski definition) is 5. The fourth-order valence-electron chi connectivity index (χ4n) is 2.40. The summed E-state index contributed by atoms with van der Waals surface area (Å²) < 4.78 is 33.6. The second kappa shape index (κ2) is 9.62. The van der Waals surface area contributed by atoms with Crippen LogP contribution in [0.25, 0.3) is 0 Å². The Kier molecular flexibility index (Phi) is 7.46. The molecule has 0 radical (unpaired) electrons. The van der Waals surface area contributed by atoms with Crippen molar-refractivity contribution in [2.45, 2.75) is 31.7 Å². The summed E-state index contributed by atoms with van der Waals surface area (Å²) in [4.78, 5) is 22.6. The van der Waals surface area contributed by atoms with Crippen LogP contribution < -0.4 is 20.1 Å². The van der Waals surface area contributed by atoms with Gasteiger partial charge in [-0.2, -0.15) is 0 Å². The Hall–Kier alpha value is -2.78. The van der Waals surface area contributed by atoms with E-state index in [4.69, 9.17) is 16.3 Å². The number of benzene rings is 2. The molecule has 0 aliphatic heterocycles. The summed E-state index contributed by atoms with van der Waals surface area (Å²) >= 11 is 6.13. The van der Waals surface area contributed by atoms with E-state index in [9.17, 15) is 18.0 Å². The summed E-state index contributed by atoms with van der Waals surface area (Å²) in [6.07, 6.45) is 0.280. The van der Waals surface area contributed by atoms with Crippen LogP contribution in [0.3, 0.4) is 0 Å². The van der Waals surface area contributed by atoms with Gasteiger partial charge in [-0.25, -0.2) is 8.42 Å². The zero-order valence-corrected chi connectivity index (χ0v) is 17.8. The number of methoxy groups -OCH3 is 1. The molecule has 0 aliphatic carbocycles. The van der Waals surface area contributed by atoms with Crippen LogP contribution in [0, 0.1) is 0 Å². The highest BCUT2D eigenvalue weighted by atomic mass is 35.5. The van der Waals surface area contributed by atoms with E-state index in [0.717, 1.165) is 0 Å². The van der Waals surface area contributed by atoms with Crippen LogP contribution in [0.4, 0.5) is 11.4 Å². The molecule has 2 amide bonds. The largest absolute Gasteiger partial charge is 0.495 e. The first kappa shape index (κ1) is 22.5. The minimum Gasteiger partial charge on any atom is -0.495 e. The van der Waals surface area contributed by atoms with Gasteiger partial charge in [-0.15, -0.1) is 0 Å². The van der Waals surface area contributed by atoms with Crippen LogP contribution in [0.5, 0.6) is 5.75 Å². The predicted molar refractivity (Wildman–Crippen MR) is 112 cm³/mol. The van der Waals surface area contributed by atoms with E-state index in [-0.39, 0.29) is 46.1 Å². The zero-order valence-electron chi connectivity index (χ0n) is 16.2. The first-order valence-electron chi connectivity index (χ1n) is 8.70. The molecule has 2 aromatic carbocycles. The van der Waals surface area contributed by atoms with Gasteiger partial charge in [-0.3, -0.25) is 14.3 Å². The Morgan fingerprint density at radius 1 is 1.14 bits per heavy atom. The average Bonchev–Trinajstić information content (AvgIpc) is 2.68. The maximum absolute atomic E-state index is 13.0. The van der Waals surface area contributed by atoms with Crippen molar-refractivity contribution < 1.29 is 22.7 Å². The van der Waals surface area contributed by atoms with E-state index in [2.05, 4.69) is 15.4 Å². The summed E-state index contributed by atoms with van der Waals surface area (Å²) in [5.41, 5.74) is 1.09. The predicted octanol–water partition coefficient (Wildman–Crippen LogP) is 3.13. The van der Waals surface area contributed by atoms with Gasteiger partial charge in [0, 0.05) is 25.6 Å². The van der Waals surface area contributed by atoms with Gasteiger partial charge in [0.25, 0.3) is 10.0 Å². The monoisotopic (exact) mass is 439 g/mol. The molecule has 3 N–H and O–H groups in total. The third-order valence-electron chi connectivity index (χ3n) is 3.87. The van der Waals surface area contributed by atoms with Crippen molar-refractivity contribution in [1.29, 1.82) is 0 Å². The Bertz CT molecular complexity index is 1020. The van der Waals surface area contributed by atoms with Gasteiger partial charge in [-0.1, -0.05) is 24.6 Å². The molecule has 0 saturated heterocycles. The lowest BCUT2D eigenvalue weighted by atomic mass is 10.2. The number of carbonyl (C=O) groups is 2. The maximum atomic E-state index is 13.0. The Balaban J connectivity index is 2.37. The third kappa shape index (κ3) is 6.10. The van der Waals surface area contributed by atoms with Crippen molar-refractivity contribution in [3.05, 3.63) is 47.0 Å². The van der Waals surface area contributed by atoms with Gasteiger partial charge in [0.15, 0.2) is 0 Å². The molecule has 0 fully saturated rings. The summed E-state index contributed by atoms with van der Waals surface area (Å²) in [5, 5.41) is 5.42. The molecule has 2 rings (SSSR count). The highest BCUT2D eigenvalue weighted by Crippen LogP contribution is 2.31. The third-order valence-corrected chi connectivity index (χ3v) is 5.59. The van der Waals surface area contributed by atoms with Crippen molar-refractivity contribution >= 4 is 44.8 Å². The standard InChI is InChI=1S/C19H22ClN3O5S/c1-4-19(25)22-14-6-7-15(20)16(10-14)23-29(26,27)18-9-13(11-21-12(2)24)5-8-17(18)28-3/h5-10,23H,4,11H2,1-3H3,(H,21,24)(H,22,25). The van der Waals surface area contributed by atoms with Crippen LogP contribution in [-0.2, 0) is 26.2 Å². The van der Waals surface area contributed by atoms with Crippen LogP contribution in [0.1, 0.15) is 25.8 Å². The lowest BCUT2D eigenvalue weighted by molar-refractivity contribution is -0.119. The van der Waals surface area contributed by atoms with Crippen molar-refractivity contribution in [3.8, 4) is 5.75 Å². The van der Waals surface area contributed by atoms with Gasteiger partial charge in [-0.05, 0) is 35.9 Å². The number of rotatable bonds is 8. The fourth-order valence-corrected chi connectivity index (χ4v) is 3.91.